The van der Waals surface area contributed by atoms with Crippen LogP contribution in [0.5, 0.6) is 0 Å². The molecule has 0 saturated carbocycles. The predicted octanol–water partition coefficient (Wildman–Crippen LogP) is 2.30. The van der Waals surface area contributed by atoms with Crippen LogP contribution >= 0.6 is 21.4 Å². The summed E-state index contributed by atoms with van der Waals surface area (Å²) in [6, 6.07) is 10.3. The third kappa shape index (κ3) is 6.48. The van der Waals surface area contributed by atoms with Gasteiger partial charge in [0.25, 0.3) is 24.0 Å². The number of anilines is 1. The molecule has 0 bridgehead atoms. The monoisotopic (exact) mass is 464 g/mol. The Morgan fingerprint density at radius 3 is 1.71 bits per heavy atom. The lowest BCUT2D eigenvalue weighted by atomic mass is 10.2. The van der Waals surface area contributed by atoms with E-state index in [-0.39, 0.29) is 28.3 Å². The molecule has 0 atom stereocenters. The molecular formula is C16H14Cl2N2O6S2. The SMILES string of the molecule is O=C(CCNC(=O)c1ccc(S(=O)(=O)Cl)cc1)Nc1ccc(S(=O)(=O)Cl)cc1. The van der Waals surface area contributed by atoms with Gasteiger partial charge in [0.2, 0.25) is 5.91 Å². The van der Waals surface area contributed by atoms with Crippen molar-refractivity contribution in [3.63, 3.8) is 0 Å². The summed E-state index contributed by atoms with van der Waals surface area (Å²) in [6.45, 7) is 0.0361. The van der Waals surface area contributed by atoms with Gasteiger partial charge in [-0.3, -0.25) is 9.59 Å². The first-order valence-electron chi connectivity index (χ1n) is 7.64. The summed E-state index contributed by atoms with van der Waals surface area (Å²) < 4.78 is 44.6. The van der Waals surface area contributed by atoms with Gasteiger partial charge in [-0.2, -0.15) is 0 Å². The minimum Gasteiger partial charge on any atom is -0.352 e. The first-order valence-corrected chi connectivity index (χ1v) is 12.3. The molecule has 8 nitrogen and oxygen atoms in total. The van der Waals surface area contributed by atoms with Gasteiger partial charge in [0.1, 0.15) is 0 Å². The van der Waals surface area contributed by atoms with Crippen molar-refractivity contribution < 1.29 is 26.4 Å². The maximum absolute atomic E-state index is 12.0. The predicted molar refractivity (Wildman–Crippen MR) is 105 cm³/mol. The summed E-state index contributed by atoms with van der Waals surface area (Å²) in [4.78, 5) is 23.6. The van der Waals surface area contributed by atoms with Crippen LogP contribution < -0.4 is 10.6 Å². The van der Waals surface area contributed by atoms with E-state index in [0.29, 0.717) is 5.69 Å². The van der Waals surface area contributed by atoms with Crippen molar-refractivity contribution in [1.82, 2.24) is 5.32 Å². The highest BCUT2D eigenvalue weighted by atomic mass is 35.7. The van der Waals surface area contributed by atoms with Gasteiger partial charge in [0, 0.05) is 45.6 Å². The molecule has 2 aromatic carbocycles. The average Bonchev–Trinajstić information content (AvgIpc) is 2.60. The first kappa shape index (κ1) is 22.2. The van der Waals surface area contributed by atoms with Crippen molar-refractivity contribution in [2.45, 2.75) is 16.2 Å². The Morgan fingerprint density at radius 1 is 0.786 bits per heavy atom. The number of hydrogen-bond acceptors (Lipinski definition) is 6. The fourth-order valence-electron chi connectivity index (χ4n) is 2.08. The van der Waals surface area contributed by atoms with Gasteiger partial charge in [-0.05, 0) is 48.5 Å². The average molecular weight is 465 g/mol. The zero-order chi connectivity index (χ0) is 20.9. The molecule has 0 spiro atoms. The number of rotatable bonds is 7. The number of amides is 2. The lowest BCUT2D eigenvalue weighted by Crippen LogP contribution is -2.27. The molecule has 0 fully saturated rings. The molecule has 2 amide bonds. The van der Waals surface area contributed by atoms with Crippen LogP contribution in [0.2, 0.25) is 0 Å². The lowest BCUT2D eigenvalue weighted by Gasteiger charge is -2.07. The smallest absolute Gasteiger partial charge is 0.261 e. The highest BCUT2D eigenvalue weighted by molar-refractivity contribution is 8.14. The standard InChI is InChI=1S/C16H14Cl2N2O6S2/c17-27(23,24)13-5-1-11(2-6-13)16(22)19-10-9-15(21)20-12-3-7-14(8-4-12)28(18,25)26/h1-8H,9-10H2,(H,19,22)(H,20,21). The van der Waals surface area contributed by atoms with E-state index >= 15 is 0 Å². The molecule has 2 aromatic rings. The van der Waals surface area contributed by atoms with Gasteiger partial charge in [-0.1, -0.05) is 0 Å². The molecule has 150 valence electrons. The second-order valence-electron chi connectivity index (χ2n) is 5.48. The maximum atomic E-state index is 12.0. The van der Waals surface area contributed by atoms with Crippen LogP contribution in [0.25, 0.3) is 0 Å². The minimum absolute atomic E-state index is 0.0323. The molecule has 0 saturated heterocycles. The van der Waals surface area contributed by atoms with E-state index in [1.807, 2.05) is 0 Å². The normalized spacial score (nSPS) is 11.6. The van der Waals surface area contributed by atoms with Gasteiger partial charge in [-0.15, -0.1) is 0 Å². The number of carbonyl (C=O) groups is 2. The summed E-state index contributed by atoms with van der Waals surface area (Å²) in [7, 11) is 2.70. The topological polar surface area (TPSA) is 126 Å². The fraction of sp³-hybridized carbons (Fsp3) is 0.125. The lowest BCUT2D eigenvalue weighted by molar-refractivity contribution is -0.116. The summed E-state index contributed by atoms with van der Waals surface area (Å²) >= 11 is 0. The van der Waals surface area contributed by atoms with Crippen LogP contribution in [0.1, 0.15) is 16.8 Å². The Hall–Kier alpha value is -2.14. The quantitative estimate of drug-likeness (QED) is 0.605. The first-order chi connectivity index (χ1) is 13.0. The number of hydrogen-bond donors (Lipinski definition) is 2. The fourth-order valence-corrected chi connectivity index (χ4v) is 3.62. The largest absolute Gasteiger partial charge is 0.352 e. The summed E-state index contributed by atoms with van der Waals surface area (Å²) in [6.07, 6.45) is -0.0323. The van der Waals surface area contributed by atoms with Gasteiger partial charge in [-0.25, -0.2) is 16.8 Å². The van der Waals surface area contributed by atoms with Gasteiger partial charge in [0.05, 0.1) is 9.79 Å². The zero-order valence-electron chi connectivity index (χ0n) is 14.1. The van der Waals surface area contributed by atoms with E-state index < -0.39 is 29.9 Å². The van der Waals surface area contributed by atoms with E-state index in [9.17, 15) is 26.4 Å². The van der Waals surface area contributed by atoms with Gasteiger partial charge >= 0.3 is 0 Å². The molecular weight excluding hydrogens is 451 g/mol. The highest BCUT2D eigenvalue weighted by Gasteiger charge is 2.12. The van der Waals surface area contributed by atoms with Crippen molar-refractivity contribution in [3.8, 4) is 0 Å². The van der Waals surface area contributed by atoms with Crippen LogP contribution in [0, 0.1) is 0 Å². The zero-order valence-corrected chi connectivity index (χ0v) is 17.2. The third-order valence-electron chi connectivity index (χ3n) is 3.46. The van der Waals surface area contributed by atoms with Crippen molar-refractivity contribution in [1.29, 1.82) is 0 Å². The number of halogens is 2. The second-order valence-corrected chi connectivity index (χ2v) is 10.6. The number of benzene rings is 2. The van der Waals surface area contributed by atoms with E-state index in [2.05, 4.69) is 10.6 Å². The summed E-state index contributed by atoms with van der Waals surface area (Å²) in [5.41, 5.74) is 0.584. The van der Waals surface area contributed by atoms with E-state index in [0.717, 1.165) is 0 Å². The molecule has 0 aliphatic carbocycles. The highest BCUT2D eigenvalue weighted by Crippen LogP contribution is 2.18. The summed E-state index contributed by atoms with van der Waals surface area (Å²) in [5, 5.41) is 5.07. The van der Waals surface area contributed by atoms with Gasteiger partial charge in [0.15, 0.2) is 0 Å². The third-order valence-corrected chi connectivity index (χ3v) is 6.19. The number of nitrogens with one attached hydrogen (secondary N) is 2. The van der Waals surface area contributed by atoms with Crippen molar-refractivity contribution in [2.75, 3.05) is 11.9 Å². The number of carbonyl (C=O) groups excluding carboxylic acids is 2. The minimum atomic E-state index is -3.87. The van der Waals surface area contributed by atoms with Crippen LogP contribution in [0.15, 0.2) is 58.3 Å². The molecule has 12 heteroatoms. The molecule has 0 heterocycles. The van der Waals surface area contributed by atoms with Crippen molar-refractivity contribution in [2.24, 2.45) is 0 Å². The molecule has 2 rings (SSSR count). The van der Waals surface area contributed by atoms with Crippen LogP contribution in [-0.4, -0.2) is 35.2 Å². The van der Waals surface area contributed by atoms with Crippen molar-refractivity contribution in [3.05, 3.63) is 54.1 Å². The van der Waals surface area contributed by atoms with Crippen LogP contribution in [-0.2, 0) is 22.9 Å². The molecule has 0 aromatic heterocycles. The Balaban J connectivity index is 1.84. The molecule has 28 heavy (non-hydrogen) atoms. The van der Waals surface area contributed by atoms with Crippen LogP contribution in [0.3, 0.4) is 0 Å². The Morgan fingerprint density at radius 2 is 1.25 bits per heavy atom. The van der Waals surface area contributed by atoms with Gasteiger partial charge < -0.3 is 10.6 Å². The molecule has 0 radical (unpaired) electrons. The van der Waals surface area contributed by atoms with E-state index in [1.165, 1.54) is 48.5 Å². The Kier molecular flexibility index (Phi) is 7.05. The summed E-state index contributed by atoms with van der Waals surface area (Å²) in [5.74, 6) is -0.881. The molecule has 0 unspecified atom stereocenters. The second kappa shape index (κ2) is 8.91. The molecule has 0 aliphatic rings. The van der Waals surface area contributed by atoms with Crippen molar-refractivity contribution >= 4 is 57.0 Å². The van der Waals surface area contributed by atoms with E-state index in [4.69, 9.17) is 21.4 Å². The maximum Gasteiger partial charge on any atom is 0.261 e. The Labute approximate surface area is 170 Å². The molecule has 0 aliphatic heterocycles. The van der Waals surface area contributed by atoms with E-state index in [1.54, 1.807) is 0 Å². The molecule has 2 N–H and O–H groups in total. The Bertz CT molecular complexity index is 1080. The van der Waals surface area contributed by atoms with Crippen LogP contribution in [0.4, 0.5) is 5.69 Å².